The standard InChI is InChI=1S/C22H28N2O5S/c1-4-28-22(27)17-6-5-9-24(13-17)21(26)16-8-7-14(2)18(12-16)23-20(25)19-15(3)29-10-11-30-19/h7-8,12,17H,4-6,9-11,13H2,1-3H3,(H,23,25)/t17-/m0/s1. The van der Waals surface area contributed by atoms with Crippen LogP contribution in [0.1, 0.15) is 42.6 Å². The van der Waals surface area contributed by atoms with E-state index in [4.69, 9.17) is 9.47 Å². The lowest BCUT2D eigenvalue weighted by Gasteiger charge is -2.31. The maximum absolute atomic E-state index is 13.1. The third-order valence-electron chi connectivity index (χ3n) is 5.24. The van der Waals surface area contributed by atoms with Crippen LogP contribution in [0.5, 0.6) is 0 Å². The van der Waals surface area contributed by atoms with Crippen LogP contribution in [0, 0.1) is 12.8 Å². The lowest BCUT2D eigenvalue weighted by molar-refractivity contribution is -0.149. The predicted octanol–water partition coefficient (Wildman–Crippen LogP) is 3.34. The molecule has 2 amide bonds. The van der Waals surface area contributed by atoms with E-state index in [2.05, 4.69) is 5.32 Å². The number of nitrogens with zero attached hydrogens (tertiary/aromatic N) is 1. The van der Waals surface area contributed by atoms with Crippen molar-refractivity contribution in [1.29, 1.82) is 0 Å². The SMILES string of the molecule is CCOC(=O)[C@H]1CCCN(C(=O)c2ccc(C)c(NC(=O)C3=C(C)OCCS3)c2)C1. The van der Waals surface area contributed by atoms with E-state index in [1.54, 1.807) is 30.9 Å². The molecule has 0 aliphatic carbocycles. The number of carbonyl (C=O) groups is 3. The quantitative estimate of drug-likeness (QED) is 0.719. The predicted molar refractivity (Wildman–Crippen MR) is 116 cm³/mol. The summed E-state index contributed by atoms with van der Waals surface area (Å²) in [6.45, 7) is 7.33. The molecule has 1 atom stereocenters. The Morgan fingerprint density at radius 2 is 2.10 bits per heavy atom. The summed E-state index contributed by atoms with van der Waals surface area (Å²) in [5.41, 5.74) is 1.94. The van der Waals surface area contributed by atoms with Gasteiger partial charge in [0.15, 0.2) is 0 Å². The largest absolute Gasteiger partial charge is 0.496 e. The molecule has 0 bridgehead atoms. The molecule has 7 nitrogen and oxygen atoms in total. The zero-order chi connectivity index (χ0) is 21.7. The number of esters is 1. The molecule has 1 N–H and O–H groups in total. The fraction of sp³-hybridized carbons (Fsp3) is 0.500. The summed E-state index contributed by atoms with van der Waals surface area (Å²) >= 11 is 1.47. The smallest absolute Gasteiger partial charge is 0.310 e. The van der Waals surface area contributed by atoms with Gasteiger partial charge in [-0.25, -0.2) is 0 Å². The van der Waals surface area contributed by atoms with E-state index in [1.807, 2.05) is 13.0 Å². The van der Waals surface area contributed by atoms with Crippen LogP contribution in [-0.4, -0.2) is 54.7 Å². The number of nitrogens with one attached hydrogen (secondary N) is 1. The first-order valence-corrected chi connectivity index (χ1v) is 11.2. The minimum Gasteiger partial charge on any atom is -0.496 e. The van der Waals surface area contributed by atoms with Crippen molar-refractivity contribution in [3.05, 3.63) is 40.0 Å². The van der Waals surface area contributed by atoms with Crippen molar-refractivity contribution < 1.29 is 23.9 Å². The minimum atomic E-state index is -0.287. The van der Waals surface area contributed by atoms with E-state index >= 15 is 0 Å². The van der Waals surface area contributed by atoms with Gasteiger partial charge in [-0.1, -0.05) is 6.07 Å². The van der Waals surface area contributed by atoms with Gasteiger partial charge in [0.25, 0.3) is 11.8 Å². The Hall–Kier alpha value is -2.48. The summed E-state index contributed by atoms with van der Waals surface area (Å²) in [6, 6.07) is 5.28. The Morgan fingerprint density at radius 3 is 2.83 bits per heavy atom. The molecule has 0 saturated carbocycles. The summed E-state index contributed by atoms with van der Waals surface area (Å²) in [6.07, 6.45) is 1.49. The van der Waals surface area contributed by atoms with Gasteiger partial charge in [-0.15, -0.1) is 11.8 Å². The number of likely N-dealkylation sites (tertiary alicyclic amines) is 1. The highest BCUT2D eigenvalue weighted by molar-refractivity contribution is 8.04. The molecule has 2 heterocycles. The van der Waals surface area contributed by atoms with Crippen LogP contribution in [0.2, 0.25) is 0 Å². The van der Waals surface area contributed by atoms with Gasteiger partial charge >= 0.3 is 5.97 Å². The second-order valence-electron chi connectivity index (χ2n) is 7.41. The molecular weight excluding hydrogens is 404 g/mol. The van der Waals surface area contributed by atoms with Gasteiger partial charge in [-0.3, -0.25) is 14.4 Å². The molecule has 1 aromatic rings. The molecule has 0 aromatic heterocycles. The molecule has 8 heteroatoms. The third-order valence-corrected chi connectivity index (χ3v) is 6.37. The lowest BCUT2D eigenvalue weighted by Crippen LogP contribution is -2.42. The van der Waals surface area contributed by atoms with E-state index in [-0.39, 0.29) is 23.7 Å². The number of aryl methyl sites for hydroxylation is 1. The van der Waals surface area contributed by atoms with E-state index in [9.17, 15) is 14.4 Å². The van der Waals surface area contributed by atoms with Crippen molar-refractivity contribution in [3.8, 4) is 0 Å². The summed E-state index contributed by atoms with van der Waals surface area (Å²) in [7, 11) is 0. The highest BCUT2D eigenvalue weighted by atomic mass is 32.2. The molecule has 3 rings (SSSR count). The normalized spacial score (nSPS) is 19.2. The molecular formula is C22H28N2O5S. The van der Waals surface area contributed by atoms with Crippen molar-refractivity contribution in [2.45, 2.75) is 33.6 Å². The average Bonchev–Trinajstić information content (AvgIpc) is 2.75. The first-order valence-electron chi connectivity index (χ1n) is 10.2. The molecule has 0 spiro atoms. The Bertz CT molecular complexity index is 867. The second kappa shape index (κ2) is 10.0. The first kappa shape index (κ1) is 22.2. The van der Waals surface area contributed by atoms with Crippen molar-refractivity contribution in [2.75, 3.05) is 37.4 Å². The van der Waals surface area contributed by atoms with Gasteiger partial charge in [-0.05, 0) is 51.3 Å². The van der Waals surface area contributed by atoms with Gasteiger partial charge in [0.1, 0.15) is 10.7 Å². The van der Waals surface area contributed by atoms with Crippen molar-refractivity contribution in [3.63, 3.8) is 0 Å². The summed E-state index contributed by atoms with van der Waals surface area (Å²) < 4.78 is 10.6. The number of thioether (sulfide) groups is 1. The number of rotatable bonds is 5. The average molecular weight is 433 g/mol. The van der Waals surface area contributed by atoms with Gasteiger partial charge in [0.2, 0.25) is 0 Å². The van der Waals surface area contributed by atoms with Crippen molar-refractivity contribution in [1.82, 2.24) is 4.90 Å². The molecule has 162 valence electrons. The zero-order valence-corrected chi connectivity index (χ0v) is 18.5. The number of benzene rings is 1. The van der Waals surface area contributed by atoms with E-state index in [0.717, 1.165) is 24.2 Å². The first-order chi connectivity index (χ1) is 14.4. The van der Waals surface area contributed by atoms with Gasteiger partial charge in [0, 0.05) is 30.1 Å². The van der Waals surface area contributed by atoms with Crippen LogP contribution >= 0.6 is 11.8 Å². The van der Waals surface area contributed by atoms with E-state index in [0.29, 0.717) is 48.2 Å². The maximum atomic E-state index is 13.1. The number of piperidine rings is 1. The highest BCUT2D eigenvalue weighted by Crippen LogP contribution is 2.28. The minimum absolute atomic E-state index is 0.148. The summed E-state index contributed by atoms with van der Waals surface area (Å²) in [5, 5.41) is 2.91. The molecule has 0 radical (unpaired) electrons. The molecule has 0 unspecified atom stereocenters. The number of amides is 2. The molecule has 1 saturated heterocycles. The monoisotopic (exact) mass is 432 g/mol. The van der Waals surface area contributed by atoms with Crippen LogP contribution in [0.3, 0.4) is 0 Å². The molecule has 2 aliphatic heterocycles. The molecule has 30 heavy (non-hydrogen) atoms. The Labute approximate surface area is 181 Å². The second-order valence-corrected chi connectivity index (χ2v) is 8.51. The number of hydrogen-bond donors (Lipinski definition) is 1. The van der Waals surface area contributed by atoms with Crippen LogP contribution in [0.15, 0.2) is 28.9 Å². The summed E-state index contributed by atoms with van der Waals surface area (Å²) in [5.74, 6) is 0.435. The van der Waals surface area contributed by atoms with Crippen LogP contribution in [-0.2, 0) is 19.1 Å². The van der Waals surface area contributed by atoms with Crippen molar-refractivity contribution in [2.24, 2.45) is 5.92 Å². The van der Waals surface area contributed by atoms with Crippen LogP contribution in [0.25, 0.3) is 0 Å². The van der Waals surface area contributed by atoms with Gasteiger partial charge < -0.3 is 19.7 Å². The van der Waals surface area contributed by atoms with Crippen LogP contribution < -0.4 is 5.32 Å². The maximum Gasteiger partial charge on any atom is 0.310 e. The fourth-order valence-electron chi connectivity index (χ4n) is 3.60. The third kappa shape index (κ3) is 5.16. The van der Waals surface area contributed by atoms with Gasteiger partial charge in [0.05, 0.1) is 19.1 Å². The summed E-state index contributed by atoms with van der Waals surface area (Å²) in [4.78, 5) is 40.1. The lowest BCUT2D eigenvalue weighted by atomic mass is 9.97. The molecule has 2 aliphatic rings. The van der Waals surface area contributed by atoms with Crippen molar-refractivity contribution >= 4 is 35.2 Å². The van der Waals surface area contributed by atoms with E-state index in [1.165, 1.54) is 11.8 Å². The Kier molecular flexibility index (Phi) is 7.42. The van der Waals surface area contributed by atoms with Gasteiger partial charge in [-0.2, -0.15) is 0 Å². The zero-order valence-electron chi connectivity index (χ0n) is 17.7. The van der Waals surface area contributed by atoms with Crippen LogP contribution in [0.4, 0.5) is 5.69 Å². The Morgan fingerprint density at radius 1 is 1.30 bits per heavy atom. The molecule has 1 fully saturated rings. The number of carbonyl (C=O) groups excluding carboxylic acids is 3. The Balaban J connectivity index is 1.73. The number of anilines is 1. The number of ether oxygens (including phenoxy) is 2. The van der Waals surface area contributed by atoms with E-state index < -0.39 is 0 Å². The number of hydrogen-bond acceptors (Lipinski definition) is 6. The number of allylic oxidation sites excluding steroid dienone is 1. The fourth-order valence-corrected chi connectivity index (χ4v) is 4.41. The highest BCUT2D eigenvalue weighted by Gasteiger charge is 2.30. The molecule has 1 aromatic carbocycles. The topological polar surface area (TPSA) is 84.9 Å².